The molecule has 0 aliphatic carbocycles. The fourth-order valence-corrected chi connectivity index (χ4v) is 4.01. The van der Waals surface area contributed by atoms with Crippen molar-refractivity contribution in [2.45, 2.75) is 19.9 Å². The van der Waals surface area contributed by atoms with E-state index in [4.69, 9.17) is 0 Å². The van der Waals surface area contributed by atoms with E-state index < -0.39 is 0 Å². The van der Waals surface area contributed by atoms with Crippen LogP contribution in [0, 0.1) is 0 Å². The summed E-state index contributed by atoms with van der Waals surface area (Å²) in [6.45, 7) is 6.22. The number of nitrogens with zero attached hydrogens (tertiary/aromatic N) is 6. The van der Waals surface area contributed by atoms with E-state index in [1.165, 1.54) is 5.01 Å². The minimum atomic E-state index is 0.0686. The lowest BCUT2D eigenvalue weighted by Gasteiger charge is -2.34. The molecule has 1 saturated heterocycles. The van der Waals surface area contributed by atoms with Gasteiger partial charge in [0, 0.05) is 50.7 Å². The van der Waals surface area contributed by atoms with Crippen LogP contribution >= 0.6 is 11.3 Å². The Morgan fingerprint density at radius 2 is 2.04 bits per heavy atom. The quantitative estimate of drug-likeness (QED) is 0.702. The van der Waals surface area contributed by atoms with Gasteiger partial charge in [-0.1, -0.05) is 12.1 Å². The SMILES string of the molecule is CCc1nc(CN2CCN(C(=O)c3ccc4c(c3)nnn4C)CC2)cs1. The van der Waals surface area contributed by atoms with Gasteiger partial charge in [-0.3, -0.25) is 9.69 Å². The van der Waals surface area contributed by atoms with Crippen molar-refractivity contribution in [3.05, 3.63) is 39.8 Å². The largest absolute Gasteiger partial charge is 0.336 e. The van der Waals surface area contributed by atoms with Gasteiger partial charge in [-0.15, -0.1) is 16.4 Å². The van der Waals surface area contributed by atoms with Gasteiger partial charge in [0.25, 0.3) is 5.91 Å². The summed E-state index contributed by atoms with van der Waals surface area (Å²) in [5, 5.41) is 11.4. The maximum Gasteiger partial charge on any atom is 0.254 e. The highest BCUT2D eigenvalue weighted by Gasteiger charge is 2.23. The summed E-state index contributed by atoms with van der Waals surface area (Å²) in [6.07, 6.45) is 0.989. The van der Waals surface area contributed by atoms with Crippen LogP contribution in [0.25, 0.3) is 11.0 Å². The lowest BCUT2D eigenvalue weighted by molar-refractivity contribution is 0.0627. The minimum absolute atomic E-state index is 0.0686. The number of carbonyl (C=O) groups excluding carboxylic acids is 1. The number of thiazole rings is 1. The monoisotopic (exact) mass is 370 g/mol. The molecule has 3 heterocycles. The number of benzene rings is 1. The molecule has 136 valence electrons. The van der Waals surface area contributed by atoms with Gasteiger partial charge in [-0.25, -0.2) is 9.67 Å². The first-order valence-electron chi connectivity index (χ1n) is 8.88. The third-order valence-electron chi connectivity index (χ3n) is 4.80. The molecule has 0 N–H and O–H groups in total. The fraction of sp³-hybridized carbons (Fsp3) is 0.444. The molecular weight excluding hydrogens is 348 g/mol. The van der Waals surface area contributed by atoms with Gasteiger partial charge in [0.15, 0.2) is 0 Å². The third kappa shape index (κ3) is 3.34. The van der Waals surface area contributed by atoms with Crippen LogP contribution in [-0.4, -0.2) is 61.9 Å². The average molecular weight is 370 g/mol. The number of piperazine rings is 1. The predicted molar refractivity (Wildman–Crippen MR) is 101 cm³/mol. The van der Waals surface area contributed by atoms with Crippen LogP contribution in [0.3, 0.4) is 0 Å². The number of hydrogen-bond acceptors (Lipinski definition) is 6. The van der Waals surface area contributed by atoms with Crippen LogP contribution < -0.4 is 0 Å². The van der Waals surface area contributed by atoms with Crippen LogP contribution in [0.1, 0.15) is 28.0 Å². The molecule has 0 bridgehead atoms. The van der Waals surface area contributed by atoms with Crippen LogP contribution in [0.2, 0.25) is 0 Å². The van der Waals surface area contributed by atoms with Crippen molar-refractivity contribution in [3.8, 4) is 0 Å². The lowest BCUT2D eigenvalue weighted by Crippen LogP contribution is -2.48. The molecule has 1 fully saturated rings. The number of carbonyl (C=O) groups is 1. The molecule has 7 nitrogen and oxygen atoms in total. The molecule has 1 aliphatic heterocycles. The number of amides is 1. The first-order valence-corrected chi connectivity index (χ1v) is 9.76. The van der Waals surface area contributed by atoms with Crippen LogP contribution in [0.5, 0.6) is 0 Å². The van der Waals surface area contributed by atoms with Crippen molar-refractivity contribution in [3.63, 3.8) is 0 Å². The molecule has 0 atom stereocenters. The summed E-state index contributed by atoms with van der Waals surface area (Å²) in [4.78, 5) is 21.7. The lowest BCUT2D eigenvalue weighted by atomic mass is 10.1. The Morgan fingerprint density at radius 3 is 2.77 bits per heavy atom. The molecule has 8 heteroatoms. The summed E-state index contributed by atoms with van der Waals surface area (Å²) < 4.78 is 1.71. The van der Waals surface area contributed by atoms with E-state index in [1.807, 2.05) is 30.1 Å². The van der Waals surface area contributed by atoms with Gasteiger partial charge in [-0.2, -0.15) is 0 Å². The Balaban J connectivity index is 1.37. The highest BCUT2D eigenvalue weighted by atomic mass is 32.1. The number of fused-ring (bicyclic) bond motifs is 1. The van der Waals surface area contributed by atoms with E-state index in [-0.39, 0.29) is 5.91 Å². The maximum absolute atomic E-state index is 12.8. The molecule has 1 aromatic carbocycles. The molecule has 1 amide bonds. The van der Waals surface area contributed by atoms with E-state index in [0.29, 0.717) is 5.56 Å². The molecular formula is C18H22N6OS. The predicted octanol–water partition coefficient (Wildman–Crippen LogP) is 1.95. The second-order valence-electron chi connectivity index (χ2n) is 6.57. The Bertz CT molecular complexity index is 925. The normalized spacial score (nSPS) is 15.7. The zero-order valence-corrected chi connectivity index (χ0v) is 15.9. The Hall–Kier alpha value is -2.32. The standard InChI is InChI=1S/C18H22N6OS/c1-3-17-19-14(12-26-17)11-23-6-8-24(9-7-23)18(25)13-4-5-16-15(10-13)20-21-22(16)2/h4-5,10,12H,3,6-9,11H2,1-2H3. The summed E-state index contributed by atoms with van der Waals surface area (Å²) in [7, 11) is 1.85. The Morgan fingerprint density at radius 1 is 1.23 bits per heavy atom. The van der Waals surface area contributed by atoms with Crippen molar-refractivity contribution in [1.29, 1.82) is 0 Å². The Labute approximate surface area is 156 Å². The van der Waals surface area contributed by atoms with Crippen molar-refractivity contribution in [2.75, 3.05) is 26.2 Å². The molecule has 4 rings (SSSR count). The number of aromatic nitrogens is 4. The summed E-state index contributed by atoms with van der Waals surface area (Å²) >= 11 is 1.73. The van der Waals surface area contributed by atoms with E-state index in [0.717, 1.165) is 55.9 Å². The molecule has 1 aliphatic rings. The maximum atomic E-state index is 12.8. The zero-order valence-electron chi connectivity index (χ0n) is 15.1. The Kier molecular flexibility index (Phi) is 4.69. The van der Waals surface area contributed by atoms with E-state index in [1.54, 1.807) is 16.0 Å². The zero-order chi connectivity index (χ0) is 18.1. The molecule has 2 aromatic heterocycles. The highest BCUT2D eigenvalue weighted by molar-refractivity contribution is 7.09. The van der Waals surface area contributed by atoms with Crippen LogP contribution in [0.4, 0.5) is 0 Å². The van der Waals surface area contributed by atoms with Gasteiger partial charge in [0.05, 0.1) is 16.2 Å². The number of aryl methyl sites for hydroxylation is 2. The summed E-state index contributed by atoms with van der Waals surface area (Å²) in [6, 6.07) is 5.60. The van der Waals surface area contributed by atoms with Gasteiger partial charge < -0.3 is 4.90 Å². The molecule has 0 radical (unpaired) electrons. The molecule has 0 spiro atoms. The smallest absolute Gasteiger partial charge is 0.254 e. The van der Waals surface area contributed by atoms with Crippen molar-refractivity contribution in [1.82, 2.24) is 29.8 Å². The van der Waals surface area contributed by atoms with Crippen molar-refractivity contribution >= 4 is 28.3 Å². The minimum Gasteiger partial charge on any atom is -0.336 e. The first-order chi connectivity index (χ1) is 12.6. The van der Waals surface area contributed by atoms with E-state index in [2.05, 4.69) is 32.5 Å². The number of rotatable bonds is 4. The average Bonchev–Trinajstić information content (AvgIpc) is 3.28. The first kappa shape index (κ1) is 17.1. The topological polar surface area (TPSA) is 67.2 Å². The van der Waals surface area contributed by atoms with Crippen molar-refractivity contribution < 1.29 is 4.79 Å². The third-order valence-corrected chi connectivity index (χ3v) is 5.85. The summed E-state index contributed by atoms with van der Waals surface area (Å²) in [5.41, 5.74) is 3.51. The van der Waals surface area contributed by atoms with Gasteiger partial charge in [0.2, 0.25) is 0 Å². The van der Waals surface area contributed by atoms with Gasteiger partial charge >= 0.3 is 0 Å². The molecule has 3 aromatic rings. The second-order valence-corrected chi connectivity index (χ2v) is 7.51. The van der Waals surface area contributed by atoms with E-state index >= 15 is 0 Å². The van der Waals surface area contributed by atoms with Gasteiger partial charge in [0.1, 0.15) is 5.52 Å². The summed E-state index contributed by atoms with van der Waals surface area (Å²) in [5.74, 6) is 0.0686. The molecule has 26 heavy (non-hydrogen) atoms. The number of hydrogen-bond donors (Lipinski definition) is 0. The van der Waals surface area contributed by atoms with Crippen molar-refractivity contribution in [2.24, 2.45) is 7.05 Å². The fourth-order valence-electron chi connectivity index (χ4n) is 3.28. The van der Waals surface area contributed by atoms with Crippen LogP contribution in [-0.2, 0) is 20.0 Å². The van der Waals surface area contributed by atoms with Crippen LogP contribution in [0.15, 0.2) is 23.6 Å². The van der Waals surface area contributed by atoms with E-state index in [9.17, 15) is 4.79 Å². The second kappa shape index (κ2) is 7.13. The molecule has 0 unspecified atom stereocenters. The van der Waals surface area contributed by atoms with Gasteiger partial charge in [-0.05, 0) is 24.6 Å². The molecule has 0 saturated carbocycles. The highest BCUT2D eigenvalue weighted by Crippen LogP contribution is 2.17.